The second-order valence-corrected chi connectivity index (χ2v) is 5.66. The molecule has 4 heteroatoms. The highest BCUT2D eigenvalue weighted by molar-refractivity contribution is 9.10. The lowest BCUT2D eigenvalue weighted by Crippen LogP contribution is -2.11. The molecule has 2 rings (SSSR count). The molecule has 0 aliphatic carbocycles. The predicted octanol–water partition coefficient (Wildman–Crippen LogP) is 4.72. The predicted molar refractivity (Wildman–Crippen MR) is 89.0 cm³/mol. The summed E-state index contributed by atoms with van der Waals surface area (Å²) in [5.74, 6) is 1.53. The lowest BCUT2D eigenvalue weighted by atomic mass is 10.1. The van der Waals surface area contributed by atoms with E-state index in [0.29, 0.717) is 12.5 Å². The van der Waals surface area contributed by atoms with Crippen LogP contribution in [0, 0.1) is 0 Å². The second kappa shape index (κ2) is 8.18. The van der Waals surface area contributed by atoms with Crippen LogP contribution in [0.15, 0.2) is 53.0 Å². The number of anilines is 1. The van der Waals surface area contributed by atoms with Gasteiger partial charge in [-0.15, -0.1) is 11.6 Å². The Morgan fingerprint density at radius 1 is 1.10 bits per heavy atom. The van der Waals surface area contributed by atoms with Crippen molar-refractivity contribution in [3.63, 3.8) is 0 Å². The average molecular weight is 355 g/mol. The van der Waals surface area contributed by atoms with Crippen LogP contribution in [0.5, 0.6) is 5.75 Å². The third-order valence-corrected chi connectivity index (χ3v) is 3.52. The number of ether oxygens (including phenoxy) is 1. The normalized spacial score (nSPS) is 10.3. The Bertz CT molecular complexity index is 530. The van der Waals surface area contributed by atoms with Crippen molar-refractivity contribution in [2.45, 2.75) is 6.42 Å². The van der Waals surface area contributed by atoms with Crippen molar-refractivity contribution in [1.29, 1.82) is 0 Å². The highest BCUT2D eigenvalue weighted by atomic mass is 79.9. The maximum atomic E-state index is 5.71. The highest BCUT2D eigenvalue weighted by Gasteiger charge is 1.96. The van der Waals surface area contributed by atoms with Gasteiger partial charge in [-0.2, -0.15) is 0 Å². The quantitative estimate of drug-likeness (QED) is 0.574. The Morgan fingerprint density at radius 2 is 1.90 bits per heavy atom. The van der Waals surface area contributed by atoms with Gasteiger partial charge in [0.05, 0.1) is 0 Å². The molecule has 0 radical (unpaired) electrons. The van der Waals surface area contributed by atoms with Gasteiger partial charge in [-0.05, 0) is 42.3 Å². The molecule has 0 amide bonds. The zero-order valence-corrected chi connectivity index (χ0v) is 13.5. The molecule has 0 spiro atoms. The van der Waals surface area contributed by atoms with Gasteiger partial charge in [0.25, 0.3) is 0 Å². The molecule has 106 valence electrons. The third-order valence-electron chi connectivity index (χ3n) is 2.83. The van der Waals surface area contributed by atoms with Gasteiger partial charge in [0.15, 0.2) is 0 Å². The van der Waals surface area contributed by atoms with Crippen molar-refractivity contribution >= 4 is 33.2 Å². The number of hydrogen-bond donors (Lipinski definition) is 1. The van der Waals surface area contributed by atoms with Gasteiger partial charge in [-0.1, -0.05) is 34.1 Å². The molecule has 0 heterocycles. The summed E-state index contributed by atoms with van der Waals surface area (Å²) >= 11 is 9.13. The Balaban J connectivity index is 1.73. The van der Waals surface area contributed by atoms with Crippen LogP contribution in [0.25, 0.3) is 0 Å². The van der Waals surface area contributed by atoms with E-state index in [2.05, 4.69) is 45.5 Å². The summed E-state index contributed by atoms with van der Waals surface area (Å²) in [6.07, 6.45) is 0.911. The van der Waals surface area contributed by atoms with E-state index in [1.165, 1.54) is 5.56 Å². The average Bonchev–Trinajstić information content (AvgIpc) is 2.46. The summed E-state index contributed by atoms with van der Waals surface area (Å²) in [7, 11) is 0. The van der Waals surface area contributed by atoms with Gasteiger partial charge in [0.2, 0.25) is 0 Å². The van der Waals surface area contributed by atoms with Crippen LogP contribution in [0.4, 0.5) is 5.69 Å². The van der Waals surface area contributed by atoms with E-state index in [9.17, 15) is 0 Å². The largest absolute Gasteiger partial charge is 0.492 e. The SMILES string of the molecule is ClCCc1ccc(NCCOc2cccc(Br)c2)cc1. The molecule has 2 nitrogen and oxygen atoms in total. The van der Waals surface area contributed by atoms with Crippen molar-refractivity contribution in [3.05, 3.63) is 58.6 Å². The summed E-state index contributed by atoms with van der Waals surface area (Å²) in [5.41, 5.74) is 2.36. The van der Waals surface area contributed by atoms with Crippen LogP contribution < -0.4 is 10.1 Å². The summed E-state index contributed by atoms with van der Waals surface area (Å²) in [4.78, 5) is 0. The van der Waals surface area contributed by atoms with Gasteiger partial charge >= 0.3 is 0 Å². The molecule has 20 heavy (non-hydrogen) atoms. The smallest absolute Gasteiger partial charge is 0.120 e. The first kappa shape index (κ1) is 15.2. The summed E-state index contributed by atoms with van der Waals surface area (Å²) in [6.45, 7) is 1.39. The minimum atomic E-state index is 0.625. The Hall–Kier alpha value is -1.19. The molecular weight excluding hydrogens is 338 g/mol. The highest BCUT2D eigenvalue weighted by Crippen LogP contribution is 2.17. The number of hydrogen-bond acceptors (Lipinski definition) is 2. The fourth-order valence-corrected chi connectivity index (χ4v) is 2.42. The van der Waals surface area contributed by atoms with Crippen molar-refractivity contribution in [2.24, 2.45) is 0 Å². The van der Waals surface area contributed by atoms with Crippen LogP contribution in [0.1, 0.15) is 5.56 Å². The molecule has 0 saturated heterocycles. The van der Waals surface area contributed by atoms with Crippen molar-refractivity contribution in [2.75, 3.05) is 24.3 Å². The maximum Gasteiger partial charge on any atom is 0.120 e. The second-order valence-electron chi connectivity index (χ2n) is 4.37. The molecule has 2 aromatic rings. The number of benzene rings is 2. The Morgan fingerprint density at radius 3 is 2.60 bits per heavy atom. The minimum Gasteiger partial charge on any atom is -0.492 e. The summed E-state index contributed by atoms with van der Waals surface area (Å²) in [6, 6.07) is 16.2. The van der Waals surface area contributed by atoms with E-state index in [0.717, 1.165) is 28.9 Å². The van der Waals surface area contributed by atoms with E-state index in [1.54, 1.807) is 0 Å². The molecule has 0 aliphatic rings. The van der Waals surface area contributed by atoms with Crippen LogP contribution in [0.2, 0.25) is 0 Å². The molecule has 0 fully saturated rings. The standard InChI is InChI=1S/C16H17BrClNO/c17-14-2-1-3-16(12-14)20-11-10-19-15-6-4-13(5-7-15)8-9-18/h1-7,12,19H,8-11H2. The van der Waals surface area contributed by atoms with Gasteiger partial charge in [-0.3, -0.25) is 0 Å². The van der Waals surface area contributed by atoms with Gasteiger partial charge in [0, 0.05) is 22.6 Å². The molecule has 1 N–H and O–H groups in total. The summed E-state index contributed by atoms with van der Waals surface area (Å²) < 4.78 is 6.69. The number of rotatable bonds is 7. The molecule has 0 aromatic heterocycles. The van der Waals surface area contributed by atoms with E-state index in [4.69, 9.17) is 16.3 Å². The van der Waals surface area contributed by atoms with E-state index in [-0.39, 0.29) is 0 Å². The van der Waals surface area contributed by atoms with Crippen LogP contribution >= 0.6 is 27.5 Å². The van der Waals surface area contributed by atoms with Crippen molar-refractivity contribution in [1.82, 2.24) is 0 Å². The monoisotopic (exact) mass is 353 g/mol. The molecule has 0 unspecified atom stereocenters. The fourth-order valence-electron chi connectivity index (χ4n) is 1.82. The number of alkyl halides is 1. The fraction of sp³-hybridized carbons (Fsp3) is 0.250. The first-order valence-corrected chi connectivity index (χ1v) is 7.88. The van der Waals surface area contributed by atoms with Crippen LogP contribution in [-0.4, -0.2) is 19.0 Å². The molecule has 0 aliphatic heterocycles. The summed E-state index contributed by atoms with van der Waals surface area (Å²) in [5, 5.41) is 3.33. The van der Waals surface area contributed by atoms with E-state index >= 15 is 0 Å². The molecule has 2 aromatic carbocycles. The number of halogens is 2. The molecule has 0 atom stereocenters. The third kappa shape index (κ3) is 5.06. The number of aryl methyl sites for hydroxylation is 1. The van der Waals surface area contributed by atoms with Crippen molar-refractivity contribution in [3.8, 4) is 5.75 Å². The lowest BCUT2D eigenvalue weighted by Gasteiger charge is -2.09. The van der Waals surface area contributed by atoms with Gasteiger partial charge < -0.3 is 10.1 Å². The topological polar surface area (TPSA) is 21.3 Å². The van der Waals surface area contributed by atoms with E-state index < -0.39 is 0 Å². The first-order chi connectivity index (χ1) is 9.78. The van der Waals surface area contributed by atoms with Gasteiger partial charge in [0.1, 0.15) is 12.4 Å². The zero-order valence-electron chi connectivity index (χ0n) is 11.1. The molecule has 0 saturated carbocycles. The Kier molecular flexibility index (Phi) is 6.22. The minimum absolute atomic E-state index is 0.625. The Labute approximate surface area is 133 Å². The first-order valence-electron chi connectivity index (χ1n) is 6.55. The molecule has 0 bridgehead atoms. The number of nitrogens with one attached hydrogen (secondary N) is 1. The van der Waals surface area contributed by atoms with Crippen molar-refractivity contribution < 1.29 is 4.74 Å². The van der Waals surface area contributed by atoms with Crippen LogP contribution in [0.3, 0.4) is 0 Å². The van der Waals surface area contributed by atoms with Gasteiger partial charge in [-0.25, -0.2) is 0 Å². The van der Waals surface area contributed by atoms with Crippen LogP contribution in [-0.2, 0) is 6.42 Å². The lowest BCUT2D eigenvalue weighted by molar-refractivity contribution is 0.332. The molecular formula is C16H17BrClNO. The zero-order chi connectivity index (χ0) is 14.2. The van der Waals surface area contributed by atoms with E-state index in [1.807, 2.05) is 24.3 Å². The maximum absolute atomic E-state index is 5.71.